The van der Waals surface area contributed by atoms with Gasteiger partial charge in [-0.05, 0) is 42.5 Å². The summed E-state index contributed by atoms with van der Waals surface area (Å²) in [4.78, 5) is 12.4. The van der Waals surface area contributed by atoms with Crippen molar-refractivity contribution in [3.8, 4) is 17.2 Å². The van der Waals surface area contributed by atoms with Crippen LogP contribution in [-0.4, -0.2) is 28.8 Å². The number of hydrogen-bond donors (Lipinski definition) is 0. The molecule has 4 rings (SSSR count). The highest BCUT2D eigenvalue weighted by Gasteiger charge is 2.13. The zero-order chi connectivity index (χ0) is 17.1. The van der Waals surface area contributed by atoms with Crippen LogP contribution in [0.1, 0.15) is 15.9 Å². The fraction of sp³-hybridized carbons (Fsp3) is 0.100. The van der Waals surface area contributed by atoms with Crippen molar-refractivity contribution in [3.05, 3.63) is 78.1 Å². The van der Waals surface area contributed by atoms with E-state index >= 15 is 0 Å². The second kappa shape index (κ2) is 6.65. The lowest BCUT2D eigenvalue weighted by Gasteiger charge is -2.18. The molecule has 0 radical (unpaired) electrons. The van der Waals surface area contributed by atoms with Gasteiger partial charge in [0.1, 0.15) is 13.2 Å². The van der Waals surface area contributed by atoms with Crippen LogP contribution in [0.15, 0.2) is 67.0 Å². The van der Waals surface area contributed by atoms with Crippen LogP contribution < -0.4 is 9.47 Å². The number of allylic oxidation sites excluding steroid dienone is 1. The smallest absolute Gasteiger partial charge is 0.185 e. The number of hydrogen-bond acceptors (Lipinski definition) is 4. The van der Waals surface area contributed by atoms with Gasteiger partial charge in [-0.2, -0.15) is 5.10 Å². The predicted molar refractivity (Wildman–Crippen MR) is 94.4 cm³/mol. The standard InChI is InChI=1S/C20H16N2O3/c23-18(16-7-9-19-20(12-16)25-11-10-24-19)8-6-15-13-21-22(14-15)17-4-2-1-3-5-17/h1-9,12-14H,10-11H2/b8-6+. The lowest BCUT2D eigenvalue weighted by molar-refractivity contribution is 0.104. The highest BCUT2D eigenvalue weighted by molar-refractivity contribution is 6.07. The molecule has 0 unspecified atom stereocenters. The number of rotatable bonds is 4. The molecule has 1 aliphatic heterocycles. The summed E-state index contributed by atoms with van der Waals surface area (Å²) in [5.41, 5.74) is 2.39. The molecule has 124 valence electrons. The van der Waals surface area contributed by atoms with Crippen molar-refractivity contribution in [2.75, 3.05) is 13.2 Å². The summed E-state index contributed by atoms with van der Waals surface area (Å²) < 4.78 is 12.8. The molecule has 0 N–H and O–H groups in total. The highest BCUT2D eigenvalue weighted by Crippen LogP contribution is 2.30. The number of para-hydroxylation sites is 1. The van der Waals surface area contributed by atoms with Gasteiger partial charge in [0.15, 0.2) is 17.3 Å². The fourth-order valence-corrected chi connectivity index (χ4v) is 2.61. The average molecular weight is 332 g/mol. The van der Waals surface area contributed by atoms with E-state index in [1.807, 2.05) is 36.5 Å². The third kappa shape index (κ3) is 3.30. The van der Waals surface area contributed by atoms with Gasteiger partial charge in [0.2, 0.25) is 0 Å². The van der Waals surface area contributed by atoms with E-state index in [0.29, 0.717) is 30.3 Å². The molecular weight excluding hydrogens is 316 g/mol. The minimum atomic E-state index is -0.0931. The van der Waals surface area contributed by atoms with Crippen LogP contribution in [0.5, 0.6) is 11.5 Å². The minimum Gasteiger partial charge on any atom is -0.486 e. The molecule has 0 fully saturated rings. The Morgan fingerprint density at radius 1 is 1.04 bits per heavy atom. The van der Waals surface area contributed by atoms with Crippen LogP contribution in [0.2, 0.25) is 0 Å². The Morgan fingerprint density at radius 2 is 1.84 bits per heavy atom. The lowest BCUT2D eigenvalue weighted by atomic mass is 10.1. The molecule has 2 aromatic carbocycles. The number of ether oxygens (including phenoxy) is 2. The predicted octanol–water partition coefficient (Wildman–Crippen LogP) is 3.54. The zero-order valence-electron chi connectivity index (χ0n) is 13.5. The van der Waals surface area contributed by atoms with E-state index in [4.69, 9.17) is 9.47 Å². The molecule has 5 heteroatoms. The molecule has 0 saturated heterocycles. The SMILES string of the molecule is O=C(/C=C/c1cnn(-c2ccccc2)c1)c1ccc2c(c1)OCCO2. The van der Waals surface area contributed by atoms with Gasteiger partial charge in [-0.25, -0.2) is 4.68 Å². The number of benzene rings is 2. The summed E-state index contributed by atoms with van der Waals surface area (Å²) in [5.74, 6) is 1.20. The van der Waals surface area contributed by atoms with E-state index in [1.165, 1.54) is 6.08 Å². The summed E-state index contributed by atoms with van der Waals surface area (Å²) in [7, 11) is 0. The summed E-state index contributed by atoms with van der Waals surface area (Å²) >= 11 is 0. The van der Waals surface area contributed by atoms with Gasteiger partial charge in [0.25, 0.3) is 0 Å². The summed E-state index contributed by atoms with van der Waals surface area (Å²) in [6, 6.07) is 15.0. The van der Waals surface area contributed by atoms with Gasteiger partial charge in [-0.15, -0.1) is 0 Å². The van der Waals surface area contributed by atoms with Crippen molar-refractivity contribution >= 4 is 11.9 Å². The number of carbonyl (C=O) groups is 1. The van der Waals surface area contributed by atoms with Gasteiger partial charge < -0.3 is 9.47 Å². The van der Waals surface area contributed by atoms with Crippen molar-refractivity contribution in [1.82, 2.24) is 9.78 Å². The van der Waals surface area contributed by atoms with Gasteiger partial charge in [0, 0.05) is 17.3 Å². The Bertz CT molecular complexity index is 929. The summed E-state index contributed by atoms with van der Waals surface area (Å²) in [6.07, 6.45) is 6.90. The Kier molecular flexibility index (Phi) is 4.04. The van der Waals surface area contributed by atoms with Crippen molar-refractivity contribution in [1.29, 1.82) is 0 Å². The maximum absolute atomic E-state index is 12.4. The van der Waals surface area contributed by atoms with Gasteiger partial charge in [-0.1, -0.05) is 18.2 Å². The first-order valence-corrected chi connectivity index (χ1v) is 8.02. The van der Waals surface area contributed by atoms with E-state index in [2.05, 4.69) is 5.10 Å². The van der Waals surface area contributed by atoms with Gasteiger partial charge in [0.05, 0.1) is 11.9 Å². The quantitative estimate of drug-likeness (QED) is 0.542. The van der Waals surface area contributed by atoms with Crippen molar-refractivity contribution in [2.45, 2.75) is 0 Å². The molecule has 0 spiro atoms. The van der Waals surface area contributed by atoms with Crippen molar-refractivity contribution in [3.63, 3.8) is 0 Å². The van der Waals surface area contributed by atoms with Crippen LogP contribution in [0.3, 0.4) is 0 Å². The molecule has 1 aliphatic rings. The molecule has 5 nitrogen and oxygen atoms in total. The second-order valence-corrected chi connectivity index (χ2v) is 5.61. The molecule has 25 heavy (non-hydrogen) atoms. The van der Waals surface area contributed by atoms with Gasteiger partial charge in [-0.3, -0.25) is 4.79 Å². The second-order valence-electron chi connectivity index (χ2n) is 5.61. The molecule has 0 atom stereocenters. The van der Waals surface area contributed by atoms with E-state index in [-0.39, 0.29) is 5.78 Å². The Morgan fingerprint density at radius 3 is 2.68 bits per heavy atom. The van der Waals surface area contributed by atoms with Crippen LogP contribution in [0, 0.1) is 0 Å². The van der Waals surface area contributed by atoms with E-state index in [0.717, 1.165) is 11.3 Å². The molecule has 0 saturated carbocycles. The fourth-order valence-electron chi connectivity index (χ4n) is 2.61. The molecular formula is C20H16N2O3. The number of aromatic nitrogens is 2. The molecule has 0 aliphatic carbocycles. The maximum atomic E-state index is 12.4. The third-order valence-electron chi connectivity index (χ3n) is 3.88. The monoisotopic (exact) mass is 332 g/mol. The first kappa shape index (κ1) is 15.2. The minimum absolute atomic E-state index is 0.0931. The first-order valence-electron chi connectivity index (χ1n) is 8.02. The highest BCUT2D eigenvalue weighted by atomic mass is 16.6. The molecule has 1 aromatic heterocycles. The Hall–Kier alpha value is -3.34. The molecule has 0 bridgehead atoms. The van der Waals surface area contributed by atoms with Crippen molar-refractivity contribution in [2.24, 2.45) is 0 Å². The van der Waals surface area contributed by atoms with Crippen LogP contribution in [0.4, 0.5) is 0 Å². The number of nitrogens with zero attached hydrogens (tertiary/aromatic N) is 2. The van der Waals surface area contributed by atoms with E-state index in [9.17, 15) is 4.79 Å². The topological polar surface area (TPSA) is 53.4 Å². The first-order chi connectivity index (χ1) is 12.3. The lowest BCUT2D eigenvalue weighted by Crippen LogP contribution is -2.15. The Labute approximate surface area is 145 Å². The third-order valence-corrected chi connectivity index (χ3v) is 3.88. The van der Waals surface area contributed by atoms with Crippen LogP contribution in [-0.2, 0) is 0 Å². The van der Waals surface area contributed by atoms with E-state index in [1.54, 1.807) is 35.2 Å². The Balaban J connectivity index is 1.50. The van der Waals surface area contributed by atoms with Crippen molar-refractivity contribution < 1.29 is 14.3 Å². The average Bonchev–Trinajstić information content (AvgIpc) is 3.15. The molecule has 2 heterocycles. The number of fused-ring (bicyclic) bond motifs is 1. The zero-order valence-corrected chi connectivity index (χ0v) is 13.5. The molecule has 3 aromatic rings. The van der Waals surface area contributed by atoms with Gasteiger partial charge >= 0.3 is 0 Å². The number of carbonyl (C=O) groups excluding carboxylic acids is 1. The van der Waals surface area contributed by atoms with E-state index < -0.39 is 0 Å². The maximum Gasteiger partial charge on any atom is 0.185 e. The normalized spacial score (nSPS) is 13.1. The number of ketones is 1. The van der Waals surface area contributed by atoms with Crippen LogP contribution >= 0.6 is 0 Å². The molecule has 0 amide bonds. The largest absolute Gasteiger partial charge is 0.486 e. The summed E-state index contributed by atoms with van der Waals surface area (Å²) in [6.45, 7) is 1.03. The van der Waals surface area contributed by atoms with Crippen LogP contribution in [0.25, 0.3) is 11.8 Å². The summed E-state index contributed by atoms with van der Waals surface area (Å²) in [5, 5.41) is 4.31.